The van der Waals surface area contributed by atoms with Crippen LogP contribution in [0.5, 0.6) is 0 Å². The van der Waals surface area contributed by atoms with Crippen LogP contribution in [0.1, 0.15) is 36.7 Å². The summed E-state index contributed by atoms with van der Waals surface area (Å²) in [4.78, 5) is 4.33. The molecular weight excluding hydrogens is 246 g/mol. The van der Waals surface area contributed by atoms with E-state index < -0.39 is 0 Å². The van der Waals surface area contributed by atoms with E-state index >= 15 is 0 Å². The third kappa shape index (κ3) is 3.34. The molecule has 0 aliphatic rings. The van der Waals surface area contributed by atoms with E-state index in [-0.39, 0.29) is 6.04 Å². The summed E-state index contributed by atoms with van der Waals surface area (Å²) >= 11 is 1.80. The van der Waals surface area contributed by atoms with Crippen molar-refractivity contribution in [2.45, 2.75) is 25.1 Å². The van der Waals surface area contributed by atoms with Crippen molar-refractivity contribution in [1.29, 1.82) is 0 Å². The minimum absolute atomic E-state index is 0.344. The van der Waals surface area contributed by atoms with Gasteiger partial charge in [-0.15, -0.1) is 0 Å². The predicted molar refractivity (Wildman–Crippen MR) is 73.2 cm³/mol. The third-order valence-corrected chi connectivity index (χ3v) is 3.65. The molecule has 0 aliphatic heterocycles. The molecule has 1 unspecified atom stereocenters. The van der Waals surface area contributed by atoms with Gasteiger partial charge in [-0.25, -0.2) is 0 Å². The number of benzene rings is 1. The van der Waals surface area contributed by atoms with Gasteiger partial charge in [-0.2, -0.15) is 16.7 Å². The van der Waals surface area contributed by atoms with Crippen molar-refractivity contribution in [3.8, 4) is 0 Å². The first-order valence-corrected chi connectivity index (χ1v) is 7.17. The minimum Gasteiger partial charge on any atom is -0.337 e. The molecule has 96 valence electrons. The molecular formula is C13H17N3OS. The first-order chi connectivity index (χ1) is 8.81. The monoisotopic (exact) mass is 263 g/mol. The molecule has 2 N–H and O–H groups in total. The van der Waals surface area contributed by atoms with Crippen LogP contribution in [0.2, 0.25) is 0 Å². The van der Waals surface area contributed by atoms with Crippen molar-refractivity contribution >= 4 is 11.8 Å². The zero-order valence-electron chi connectivity index (χ0n) is 10.4. The lowest BCUT2D eigenvalue weighted by molar-refractivity contribution is 0.363. The fourth-order valence-corrected chi connectivity index (χ4v) is 2.30. The van der Waals surface area contributed by atoms with Crippen LogP contribution in [0.25, 0.3) is 0 Å². The lowest BCUT2D eigenvalue weighted by atomic mass is 10.1. The molecule has 0 bridgehead atoms. The van der Waals surface area contributed by atoms with Gasteiger partial charge in [-0.1, -0.05) is 42.4 Å². The van der Waals surface area contributed by atoms with Gasteiger partial charge in [0, 0.05) is 0 Å². The van der Waals surface area contributed by atoms with Crippen LogP contribution < -0.4 is 5.73 Å². The highest BCUT2D eigenvalue weighted by atomic mass is 32.2. The molecule has 0 amide bonds. The maximum absolute atomic E-state index is 6.08. The number of hydrogen-bond donors (Lipinski definition) is 1. The van der Waals surface area contributed by atoms with E-state index in [2.05, 4.69) is 17.1 Å². The van der Waals surface area contributed by atoms with E-state index in [9.17, 15) is 0 Å². The van der Waals surface area contributed by atoms with Gasteiger partial charge in [0.2, 0.25) is 5.89 Å². The van der Waals surface area contributed by atoms with Crippen LogP contribution in [-0.4, -0.2) is 15.9 Å². The fraction of sp³-hybridized carbons (Fsp3) is 0.385. The van der Waals surface area contributed by atoms with Gasteiger partial charge in [-0.3, -0.25) is 0 Å². The Labute approximate surface area is 111 Å². The van der Waals surface area contributed by atoms with Crippen LogP contribution in [0.4, 0.5) is 0 Å². The van der Waals surface area contributed by atoms with Crippen molar-refractivity contribution in [2.75, 3.05) is 5.75 Å². The molecule has 0 radical (unpaired) electrons. The summed E-state index contributed by atoms with van der Waals surface area (Å²) in [5, 5.41) is 3.95. The molecule has 1 atom stereocenters. The molecule has 4 nitrogen and oxygen atoms in total. The molecule has 2 rings (SSSR count). The normalized spacial score (nSPS) is 12.6. The Morgan fingerprint density at radius 2 is 2.11 bits per heavy atom. The molecule has 18 heavy (non-hydrogen) atoms. The summed E-state index contributed by atoms with van der Waals surface area (Å²) in [7, 11) is 0. The second kappa shape index (κ2) is 6.56. The van der Waals surface area contributed by atoms with Gasteiger partial charge in [-0.05, 0) is 17.7 Å². The van der Waals surface area contributed by atoms with Crippen LogP contribution in [0, 0.1) is 0 Å². The van der Waals surface area contributed by atoms with Crippen molar-refractivity contribution in [3.63, 3.8) is 0 Å². The second-order valence-corrected chi connectivity index (χ2v) is 5.09. The zero-order valence-corrected chi connectivity index (χ0v) is 11.2. The second-order valence-electron chi connectivity index (χ2n) is 3.99. The maximum Gasteiger partial charge on any atom is 0.248 e. The Morgan fingerprint density at radius 3 is 2.83 bits per heavy atom. The van der Waals surface area contributed by atoms with Crippen molar-refractivity contribution < 1.29 is 4.52 Å². The van der Waals surface area contributed by atoms with Crippen molar-refractivity contribution in [1.82, 2.24) is 10.1 Å². The molecule has 0 aliphatic carbocycles. The Balaban J connectivity index is 2.01. The van der Waals surface area contributed by atoms with E-state index in [1.807, 2.05) is 30.3 Å². The lowest BCUT2D eigenvalue weighted by Crippen LogP contribution is -2.12. The Bertz CT molecular complexity index is 472. The molecule has 1 heterocycles. The number of hydrogen-bond acceptors (Lipinski definition) is 5. The molecule has 0 spiro atoms. The van der Waals surface area contributed by atoms with Gasteiger partial charge in [0.05, 0.1) is 5.75 Å². The molecule has 1 aromatic heterocycles. The fourth-order valence-electron chi connectivity index (χ4n) is 1.56. The van der Waals surface area contributed by atoms with E-state index in [0.29, 0.717) is 5.89 Å². The van der Waals surface area contributed by atoms with E-state index in [4.69, 9.17) is 10.3 Å². The van der Waals surface area contributed by atoms with Crippen molar-refractivity contribution in [2.24, 2.45) is 5.73 Å². The minimum atomic E-state index is -0.344. The maximum atomic E-state index is 6.08. The van der Waals surface area contributed by atoms with Gasteiger partial charge in [0.15, 0.2) is 5.82 Å². The molecule has 0 saturated carbocycles. The highest BCUT2D eigenvalue weighted by Gasteiger charge is 2.16. The number of rotatable bonds is 6. The van der Waals surface area contributed by atoms with Gasteiger partial charge in [0.25, 0.3) is 0 Å². The summed E-state index contributed by atoms with van der Waals surface area (Å²) in [5.41, 5.74) is 7.06. The summed E-state index contributed by atoms with van der Waals surface area (Å²) in [6, 6.07) is 9.42. The average molecular weight is 263 g/mol. The Kier molecular flexibility index (Phi) is 4.78. The summed E-state index contributed by atoms with van der Waals surface area (Å²) in [5.74, 6) is 3.08. The number of nitrogens with two attached hydrogens (primary N) is 1. The van der Waals surface area contributed by atoms with E-state index in [1.165, 1.54) is 0 Å². The number of aromatic nitrogens is 2. The SMILES string of the molecule is CCCSCc1noc(C(N)c2ccccc2)n1. The zero-order chi connectivity index (χ0) is 12.8. The van der Waals surface area contributed by atoms with Crippen LogP contribution in [-0.2, 0) is 5.75 Å². The quantitative estimate of drug-likeness (QED) is 0.812. The largest absolute Gasteiger partial charge is 0.337 e. The Morgan fingerprint density at radius 1 is 1.33 bits per heavy atom. The lowest BCUT2D eigenvalue weighted by Gasteiger charge is -2.05. The predicted octanol–water partition coefficient (Wildman–Crippen LogP) is 2.76. The Hall–Kier alpha value is -1.33. The smallest absolute Gasteiger partial charge is 0.248 e. The van der Waals surface area contributed by atoms with Crippen molar-refractivity contribution in [3.05, 3.63) is 47.6 Å². The molecule has 0 saturated heterocycles. The molecule has 2 aromatic rings. The molecule has 1 aromatic carbocycles. The van der Waals surface area contributed by atoms with Crippen LogP contribution >= 0.6 is 11.8 Å². The standard InChI is InChI=1S/C13H17N3OS/c1-2-8-18-9-11-15-13(17-16-11)12(14)10-6-4-3-5-7-10/h3-7,12H,2,8-9,14H2,1H3. The summed E-state index contributed by atoms with van der Waals surface area (Å²) in [6.45, 7) is 2.15. The summed E-state index contributed by atoms with van der Waals surface area (Å²) < 4.78 is 5.21. The highest BCUT2D eigenvalue weighted by Crippen LogP contribution is 2.18. The molecule has 0 fully saturated rings. The highest BCUT2D eigenvalue weighted by molar-refractivity contribution is 7.98. The third-order valence-electron chi connectivity index (χ3n) is 2.49. The van der Waals surface area contributed by atoms with Gasteiger partial charge >= 0.3 is 0 Å². The van der Waals surface area contributed by atoms with Crippen LogP contribution in [0.15, 0.2) is 34.9 Å². The average Bonchev–Trinajstić information content (AvgIpc) is 2.88. The first-order valence-electron chi connectivity index (χ1n) is 6.02. The van der Waals surface area contributed by atoms with Gasteiger partial charge < -0.3 is 10.3 Å². The van der Waals surface area contributed by atoms with E-state index in [1.54, 1.807) is 11.8 Å². The topological polar surface area (TPSA) is 64.9 Å². The van der Waals surface area contributed by atoms with E-state index in [0.717, 1.165) is 29.3 Å². The number of thioether (sulfide) groups is 1. The molecule has 5 heteroatoms. The number of nitrogens with zero attached hydrogens (tertiary/aromatic N) is 2. The first kappa shape index (κ1) is 13.1. The summed E-state index contributed by atoms with van der Waals surface area (Å²) in [6.07, 6.45) is 1.15. The van der Waals surface area contributed by atoms with Crippen LogP contribution in [0.3, 0.4) is 0 Å². The van der Waals surface area contributed by atoms with Gasteiger partial charge in [0.1, 0.15) is 6.04 Å².